The fraction of sp³-hybridized carbons (Fsp3) is 0.429. The lowest BCUT2D eigenvalue weighted by Crippen LogP contribution is -2.47. The number of benzene rings is 2. The standard InChI is InChI=1S/C28H36ClN5O/c1-5-21(3)33(28(35)23-11-10-12-24(29)19-23)20-26-22(4)30-34(25-13-8-7-9-14-25)27(26)32-17-15-31(6-2)16-18-32/h7-14,19,21H,5-6,15-18,20H2,1-4H3/t21-/m0/s1. The van der Waals surface area contributed by atoms with Gasteiger partial charge in [-0.3, -0.25) is 4.79 Å². The minimum Gasteiger partial charge on any atom is -0.354 e. The highest BCUT2D eigenvalue weighted by Gasteiger charge is 2.29. The van der Waals surface area contributed by atoms with E-state index < -0.39 is 0 Å². The van der Waals surface area contributed by atoms with Crippen LogP contribution in [0.2, 0.25) is 5.02 Å². The smallest absolute Gasteiger partial charge is 0.254 e. The Kier molecular flexibility index (Phi) is 8.14. The van der Waals surface area contributed by atoms with Gasteiger partial charge < -0.3 is 14.7 Å². The van der Waals surface area contributed by atoms with Gasteiger partial charge in [0.15, 0.2) is 0 Å². The number of piperazine rings is 1. The largest absolute Gasteiger partial charge is 0.354 e. The highest BCUT2D eigenvalue weighted by Crippen LogP contribution is 2.31. The molecule has 2 aromatic carbocycles. The number of rotatable bonds is 8. The average molecular weight is 494 g/mol. The van der Waals surface area contributed by atoms with E-state index in [9.17, 15) is 4.79 Å². The first-order chi connectivity index (χ1) is 16.9. The lowest BCUT2D eigenvalue weighted by Gasteiger charge is -2.37. The summed E-state index contributed by atoms with van der Waals surface area (Å²) < 4.78 is 2.06. The van der Waals surface area contributed by atoms with Crippen molar-refractivity contribution >= 4 is 23.3 Å². The summed E-state index contributed by atoms with van der Waals surface area (Å²) in [6.07, 6.45) is 0.864. The third-order valence-electron chi connectivity index (χ3n) is 7.06. The van der Waals surface area contributed by atoms with Gasteiger partial charge in [0.1, 0.15) is 5.82 Å². The molecule has 0 unspecified atom stereocenters. The van der Waals surface area contributed by atoms with E-state index in [0.717, 1.165) is 61.9 Å². The van der Waals surface area contributed by atoms with Crippen molar-refractivity contribution in [3.05, 3.63) is 76.4 Å². The zero-order chi connectivity index (χ0) is 24.9. The van der Waals surface area contributed by atoms with Gasteiger partial charge in [-0.15, -0.1) is 0 Å². The van der Waals surface area contributed by atoms with E-state index in [2.05, 4.69) is 54.3 Å². The van der Waals surface area contributed by atoms with Crippen molar-refractivity contribution in [1.82, 2.24) is 19.6 Å². The van der Waals surface area contributed by atoms with Gasteiger partial charge in [-0.25, -0.2) is 4.68 Å². The maximum atomic E-state index is 13.7. The molecule has 0 radical (unpaired) electrons. The highest BCUT2D eigenvalue weighted by atomic mass is 35.5. The molecule has 2 heterocycles. The number of nitrogens with zero attached hydrogens (tertiary/aromatic N) is 5. The minimum absolute atomic E-state index is 0.00420. The topological polar surface area (TPSA) is 44.6 Å². The van der Waals surface area contributed by atoms with Crippen LogP contribution in [0, 0.1) is 6.92 Å². The van der Waals surface area contributed by atoms with Gasteiger partial charge in [0.25, 0.3) is 5.91 Å². The summed E-state index contributed by atoms with van der Waals surface area (Å²) in [4.78, 5) is 20.6. The lowest BCUT2D eigenvalue weighted by molar-refractivity contribution is 0.0671. The third kappa shape index (κ3) is 5.54. The Morgan fingerprint density at radius 2 is 1.77 bits per heavy atom. The van der Waals surface area contributed by atoms with Crippen LogP contribution in [0.1, 0.15) is 48.8 Å². The Hall–Kier alpha value is -2.83. The predicted octanol–water partition coefficient (Wildman–Crippen LogP) is 5.42. The quantitative estimate of drug-likeness (QED) is 0.420. The lowest BCUT2D eigenvalue weighted by atomic mass is 10.1. The fourth-order valence-corrected chi connectivity index (χ4v) is 4.88. The summed E-state index contributed by atoms with van der Waals surface area (Å²) in [6, 6.07) is 17.6. The van der Waals surface area contributed by atoms with E-state index >= 15 is 0 Å². The van der Waals surface area contributed by atoms with Gasteiger partial charge in [-0.1, -0.05) is 49.7 Å². The molecule has 1 atom stereocenters. The van der Waals surface area contributed by atoms with Gasteiger partial charge in [0, 0.05) is 48.4 Å². The summed E-state index contributed by atoms with van der Waals surface area (Å²) in [5.41, 5.74) is 3.71. The van der Waals surface area contributed by atoms with Gasteiger partial charge in [-0.2, -0.15) is 5.10 Å². The monoisotopic (exact) mass is 493 g/mol. The number of hydrogen-bond acceptors (Lipinski definition) is 4. The first-order valence-corrected chi connectivity index (χ1v) is 13.0. The molecule has 0 aliphatic carbocycles. The number of anilines is 1. The molecule has 7 heteroatoms. The number of hydrogen-bond donors (Lipinski definition) is 0. The molecule has 186 valence electrons. The van der Waals surface area contributed by atoms with Crippen molar-refractivity contribution in [2.75, 3.05) is 37.6 Å². The molecule has 0 saturated carbocycles. The van der Waals surface area contributed by atoms with Crippen molar-refractivity contribution in [3.63, 3.8) is 0 Å². The predicted molar refractivity (Wildman–Crippen MR) is 144 cm³/mol. The van der Waals surface area contributed by atoms with E-state index in [1.807, 2.05) is 35.2 Å². The second kappa shape index (κ2) is 11.3. The highest BCUT2D eigenvalue weighted by molar-refractivity contribution is 6.30. The molecule has 6 nitrogen and oxygen atoms in total. The summed E-state index contributed by atoms with van der Waals surface area (Å²) in [5.74, 6) is 1.09. The van der Waals surface area contributed by atoms with Gasteiger partial charge >= 0.3 is 0 Å². The number of halogens is 1. The van der Waals surface area contributed by atoms with Crippen molar-refractivity contribution in [3.8, 4) is 5.69 Å². The maximum absolute atomic E-state index is 13.7. The zero-order valence-corrected chi connectivity index (χ0v) is 22.0. The molecule has 0 N–H and O–H groups in total. The van der Waals surface area contributed by atoms with Crippen molar-refractivity contribution in [2.24, 2.45) is 0 Å². The molecular weight excluding hydrogens is 458 g/mol. The summed E-state index contributed by atoms with van der Waals surface area (Å²) in [5, 5.41) is 5.55. The molecule has 3 aromatic rings. The summed E-state index contributed by atoms with van der Waals surface area (Å²) >= 11 is 6.22. The number of carbonyl (C=O) groups excluding carboxylic acids is 1. The van der Waals surface area contributed by atoms with Crippen LogP contribution in [0.3, 0.4) is 0 Å². The van der Waals surface area contributed by atoms with Crippen LogP contribution >= 0.6 is 11.6 Å². The molecule has 4 rings (SSSR count). The van der Waals surface area contributed by atoms with Crippen LogP contribution in [0.25, 0.3) is 5.69 Å². The van der Waals surface area contributed by atoms with E-state index in [1.165, 1.54) is 0 Å². The molecule has 35 heavy (non-hydrogen) atoms. The zero-order valence-electron chi connectivity index (χ0n) is 21.2. The molecule has 0 bridgehead atoms. The Morgan fingerprint density at radius 1 is 1.06 bits per heavy atom. The molecule has 1 aliphatic rings. The second-order valence-electron chi connectivity index (χ2n) is 9.26. The second-order valence-corrected chi connectivity index (χ2v) is 9.69. The molecule has 1 saturated heterocycles. The Morgan fingerprint density at radius 3 is 2.40 bits per heavy atom. The van der Waals surface area contributed by atoms with Crippen LogP contribution in [0.4, 0.5) is 5.82 Å². The number of carbonyl (C=O) groups is 1. The van der Waals surface area contributed by atoms with Crippen LogP contribution < -0.4 is 4.90 Å². The number of para-hydroxylation sites is 1. The molecule has 1 aromatic heterocycles. The first kappa shape index (κ1) is 25.3. The van der Waals surface area contributed by atoms with Crippen LogP contribution in [-0.4, -0.2) is 64.3 Å². The van der Waals surface area contributed by atoms with E-state index in [0.29, 0.717) is 17.1 Å². The van der Waals surface area contributed by atoms with Crippen LogP contribution in [0.5, 0.6) is 0 Å². The molecule has 1 aliphatic heterocycles. The first-order valence-electron chi connectivity index (χ1n) is 12.6. The number of amides is 1. The van der Waals surface area contributed by atoms with Crippen molar-refractivity contribution in [2.45, 2.75) is 46.7 Å². The van der Waals surface area contributed by atoms with Crippen molar-refractivity contribution < 1.29 is 4.79 Å². The Labute approximate surface area is 214 Å². The van der Waals surface area contributed by atoms with E-state index in [4.69, 9.17) is 16.7 Å². The minimum atomic E-state index is -0.00420. The number of aromatic nitrogens is 2. The maximum Gasteiger partial charge on any atom is 0.254 e. The van der Waals surface area contributed by atoms with Gasteiger partial charge in [0.05, 0.1) is 17.9 Å². The number of likely N-dealkylation sites (N-methyl/N-ethyl adjacent to an activating group) is 1. The van der Waals surface area contributed by atoms with Crippen molar-refractivity contribution in [1.29, 1.82) is 0 Å². The molecule has 0 spiro atoms. The molecular formula is C28H36ClN5O. The number of aryl methyl sites for hydroxylation is 1. The fourth-order valence-electron chi connectivity index (χ4n) is 4.69. The Balaban J connectivity index is 1.75. The van der Waals surface area contributed by atoms with E-state index in [-0.39, 0.29) is 11.9 Å². The van der Waals surface area contributed by atoms with Crippen LogP contribution in [-0.2, 0) is 6.54 Å². The SMILES string of the molecule is CC[C@H](C)N(Cc1c(C)nn(-c2ccccc2)c1N1CCN(CC)CC1)C(=O)c1cccc(Cl)c1. The molecule has 1 fully saturated rings. The van der Waals surface area contributed by atoms with Crippen LogP contribution in [0.15, 0.2) is 54.6 Å². The summed E-state index contributed by atoms with van der Waals surface area (Å²) in [6.45, 7) is 14.0. The third-order valence-corrected chi connectivity index (χ3v) is 7.30. The van der Waals surface area contributed by atoms with Gasteiger partial charge in [-0.05, 0) is 57.1 Å². The Bertz CT molecular complexity index is 1140. The normalized spacial score (nSPS) is 15.3. The van der Waals surface area contributed by atoms with Gasteiger partial charge in [0.2, 0.25) is 0 Å². The molecule has 1 amide bonds. The average Bonchev–Trinajstić information content (AvgIpc) is 3.22. The van der Waals surface area contributed by atoms with E-state index in [1.54, 1.807) is 12.1 Å². The summed E-state index contributed by atoms with van der Waals surface area (Å²) in [7, 11) is 0.